The van der Waals surface area contributed by atoms with Crippen LogP contribution in [0, 0.1) is 0 Å². The Kier molecular flexibility index (Phi) is 6.78. The van der Waals surface area contributed by atoms with E-state index in [-0.39, 0.29) is 23.4 Å². The summed E-state index contributed by atoms with van der Waals surface area (Å²) in [5, 5.41) is 14.2. The summed E-state index contributed by atoms with van der Waals surface area (Å²) in [5.74, 6) is -0.0223. The Bertz CT molecular complexity index is 1280. The summed E-state index contributed by atoms with van der Waals surface area (Å²) in [6, 6.07) is 10.9. The standard InChI is InChI=1S/C24H28N8O3/c1-31(2)23(34)15-6-5-7-17(10-15)26-22-20(21(25)33)29-30-24(28-22)27-18-11-14-8-9-32(3)13-16(14)12-19(18)35-4/h5-7,10-12H,8-9,13H2,1-4H3,(H2,25,33)(H2,26,27,28,30). The second-order valence-electron chi connectivity index (χ2n) is 8.54. The third-order valence-electron chi connectivity index (χ3n) is 5.67. The number of rotatable bonds is 7. The number of nitrogens with one attached hydrogen (secondary N) is 2. The number of hydrogen-bond acceptors (Lipinski definition) is 9. The van der Waals surface area contributed by atoms with Crippen LogP contribution in [-0.2, 0) is 13.0 Å². The molecule has 2 aromatic carbocycles. The minimum Gasteiger partial charge on any atom is -0.495 e. The Hall–Kier alpha value is -4.25. The van der Waals surface area contributed by atoms with Gasteiger partial charge in [-0.3, -0.25) is 9.59 Å². The normalized spacial score (nSPS) is 13.0. The van der Waals surface area contributed by atoms with Gasteiger partial charge in [0, 0.05) is 38.4 Å². The molecule has 0 aliphatic carbocycles. The molecule has 0 bridgehead atoms. The van der Waals surface area contributed by atoms with Crippen LogP contribution < -0.4 is 21.1 Å². The SMILES string of the molecule is COc1cc2c(cc1Nc1nnc(C(N)=O)c(Nc3cccc(C(=O)N(C)C)c3)n1)CCN(C)C2. The number of nitrogens with zero attached hydrogens (tertiary/aromatic N) is 5. The summed E-state index contributed by atoms with van der Waals surface area (Å²) in [7, 11) is 7.03. The maximum Gasteiger partial charge on any atom is 0.273 e. The van der Waals surface area contributed by atoms with Gasteiger partial charge < -0.3 is 30.9 Å². The molecular weight excluding hydrogens is 448 g/mol. The van der Waals surface area contributed by atoms with Crippen LogP contribution in [-0.4, -0.2) is 71.6 Å². The Morgan fingerprint density at radius 3 is 2.63 bits per heavy atom. The number of aromatic nitrogens is 3. The molecule has 2 heterocycles. The van der Waals surface area contributed by atoms with E-state index in [9.17, 15) is 9.59 Å². The fourth-order valence-corrected chi connectivity index (χ4v) is 3.87. The molecule has 2 amide bonds. The van der Waals surface area contributed by atoms with Gasteiger partial charge in [0.05, 0.1) is 12.8 Å². The van der Waals surface area contributed by atoms with Gasteiger partial charge in [-0.25, -0.2) is 0 Å². The first kappa shape index (κ1) is 23.9. The van der Waals surface area contributed by atoms with Crippen LogP contribution in [0.2, 0.25) is 0 Å². The lowest BCUT2D eigenvalue weighted by Crippen LogP contribution is -2.26. The highest BCUT2D eigenvalue weighted by atomic mass is 16.5. The monoisotopic (exact) mass is 476 g/mol. The summed E-state index contributed by atoms with van der Waals surface area (Å²) in [6.45, 7) is 1.81. The quantitative estimate of drug-likeness (QED) is 0.468. The molecular formula is C24H28N8O3. The van der Waals surface area contributed by atoms with Crippen molar-refractivity contribution in [3.05, 3.63) is 58.8 Å². The van der Waals surface area contributed by atoms with E-state index in [1.165, 1.54) is 16.0 Å². The fraction of sp³-hybridized carbons (Fsp3) is 0.292. The van der Waals surface area contributed by atoms with Crippen LogP contribution in [0.5, 0.6) is 5.75 Å². The maximum absolute atomic E-state index is 12.3. The topological polar surface area (TPSA) is 139 Å². The average Bonchev–Trinajstić information content (AvgIpc) is 2.83. The van der Waals surface area contributed by atoms with Gasteiger partial charge >= 0.3 is 0 Å². The molecule has 4 N–H and O–H groups in total. The molecule has 0 fully saturated rings. The van der Waals surface area contributed by atoms with Gasteiger partial charge in [0.15, 0.2) is 11.5 Å². The number of fused-ring (bicyclic) bond motifs is 1. The predicted octanol–water partition coefficient (Wildman–Crippen LogP) is 2.16. The van der Waals surface area contributed by atoms with E-state index in [0.717, 1.165) is 19.5 Å². The van der Waals surface area contributed by atoms with E-state index < -0.39 is 5.91 Å². The molecule has 1 aliphatic rings. The summed E-state index contributed by atoms with van der Waals surface area (Å²) >= 11 is 0. The van der Waals surface area contributed by atoms with E-state index in [2.05, 4.69) is 37.8 Å². The smallest absolute Gasteiger partial charge is 0.273 e. The number of carbonyl (C=O) groups is 2. The minimum atomic E-state index is -0.782. The van der Waals surface area contributed by atoms with E-state index in [1.54, 1.807) is 45.5 Å². The van der Waals surface area contributed by atoms with E-state index >= 15 is 0 Å². The number of hydrogen-bond donors (Lipinski definition) is 3. The van der Waals surface area contributed by atoms with Crippen molar-refractivity contribution in [2.75, 3.05) is 45.4 Å². The van der Waals surface area contributed by atoms with Crippen molar-refractivity contribution in [2.24, 2.45) is 5.73 Å². The van der Waals surface area contributed by atoms with Crippen LogP contribution in [0.25, 0.3) is 0 Å². The second kappa shape index (κ2) is 9.94. The van der Waals surface area contributed by atoms with Crippen molar-refractivity contribution in [2.45, 2.75) is 13.0 Å². The van der Waals surface area contributed by atoms with Crippen molar-refractivity contribution < 1.29 is 14.3 Å². The van der Waals surface area contributed by atoms with Crippen LogP contribution in [0.1, 0.15) is 32.0 Å². The lowest BCUT2D eigenvalue weighted by molar-refractivity contribution is 0.0827. The van der Waals surface area contributed by atoms with Crippen LogP contribution in [0.4, 0.5) is 23.1 Å². The van der Waals surface area contributed by atoms with Gasteiger partial charge in [-0.1, -0.05) is 6.07 Å². The van der Waals surface area contributed by atoms with Gasteiger partial charge in [0.1, 0.15) is 5.75 Å². The number of methoxy groups -OCH3 is 1. The molecule has 0 saturated heterocycles. The molecule has 4 rings (SSSR count). The number of ether oxygens (including phenoxy) is 1. The average molecular weight is 477 g/mol. The van der Waals surface area contributed by atoms with Crippen LogP contribution >= 0.6 is 0 Å². The lowest BCUT2D eigenvalue weighted by atomic mass is 9.99. The maximum atomic E-state index is 12.3. The third-order valence-corrected chi connectivity index (χ3v) is 5.67. The van der Waals surface area contributed by atoms with E-state index in [1.807, 2.05) is 12.1 Å². The second-order valence-corrected chi connectivity index (χ2v) is 8.54. The van der Waals surface area contributed by atoms with Gasteiger partial charge in [-0.05, 0) is 54.9 Å². The Balaban J connectivity index is 1.65. The largest absolute Gasteiger partial charge is 0.495 e. The molecule has 11 heteroatoms. The molecule has 0 spiro atoms. The molecule has 0 saturated carbocycles. The zero-order valence-electron chi connectivity index (χ0n) is 20.1. The van der Waals surface area contributed by atoms with Crippen molar-refractivity contribution in [3.8, 4) is 5.75 Å². The first-order valence-electron chi connectivity index (χ1n) is 11.0. The molecule has 1 aliphatic heterocycles. The highest BCUT2D eigenvalue weighted by molar-refractivity contribution is 5.97. The van der Waals surface area contributed by atoms with Gasteiger partial charge in [-0.15, -0.1) is 10.2 Å². The highest BCUT2D eigenvalue weighted by Crippen LogP contribution is 2.33. The number of amides is 2. The zero-order chi connectivity index (χ0) is 25.1. The van der Waals surface area contributed by atoms with Crippen LogP contribution in [0.3, 0.4) is 0 Å². The highest BCUT2D eigenvalue weighted by Gasteiger charge is 2.19. The number of benzene rings is 2. The number of carbonyl (C=O) groups excluding carboxylic acids is 2. The predicted molar refractivity (Wildman–Crippen MR) is 132 cm³/mol. The summed E-state index contributed by atoms with van der Waals surface area (Å²) in [5.41, 5.74) is 9.50. The van der Waals surface area contributed by atoms with Crippen molar-refractivity contribution in [3.63, 3.8) is 0 Å². The minimum absolute atomic E-state index is 0.114. The number of nitrogens with two attached hydrogens (primary N) is 1. The number of primary amides is 1. The summed E-state index contributed by atoms with van der Waals surface area (Å²) in [4.78, 5) is 32.5. The molecule has 0 unspecified atom stereocenters. The molecule has 11 nitrogen and oxygen atoms in total. The molecule has 182 valence electrons. The molecule has 1 aromatic heterocycles. The first-order chi connectivity index (χ1) is 16.7. The summed E-state index contributed by atoms with van der Waals surface area (Å²) in [6.07, 6.45) is 0.916. The fourth-order valence-electron chi connectivity index (χ4n) is 3.87. The van der Waals surface area contributed by atoms with Gasteiger partial charge in [-0.2, -0.15) is 4.98 Å². The molecule has 0 radical (unpaired) electrons. The molecule has 35 heavy (non-hydrogen) atoms. The van der Waals surface area contributed by atoms with Gasteiger partial charge in [0.2, 0.25) is 5.95 Å². The number of likely N-dealkylation sites (N-methyl/N-ethyl adjacent to an activating group) is 1. The Labute approximate surface area is 203 Å². The zero-order valence-corrected chi connectivity index (χ0v) is 20.1. The number of anilines is 4. The summed E-state index contributed by atoms with van der Waals surface area (Å²) < 4.78 is 5.58. The van der Waals surface area contributed by atoms with Crippen molar-refractivity contribution >= 4 is 35.0 Å². The Morgan fingerprint density at radius 1 is 1.11 bits per heavy atom. The Morgan fingerprint density at radius 2 is 1.91 bits per heavy atom. The third kappa shape index (κ3) is 5.30. The van der Waals surface area contributed by atoms with E-state index in [0.29, 0.717) is 22.7 Å². The molecule has 3 aromatic rings. The van der Waals surface area contributed by atoms with Gasteiger partial charge in [0.25, 0.3) is 11.8 Å². The van der Waals surface area contributed by atoms with Crippen LogP contribution in [0.15, 0.2) is 36.4 Å². The van der Waals surface area contributed by atoms with Crippen molar-refractivity contribution in [1.82, 2.24) is 25.0 Å². The first-order valence-corrected chi connectivity index (χ1v) is 11.0. The van der Waals surface area contributed by atoms with Crippen molar-refractivity contribution in [1.29, 1.82) is 0 Å². The molecule has 0 atom stereocenters. The van der Waals surface area contributed by atoms with E-state index in [4.69, 9.17) is 10.5 Å². The lowest BCUT2D eigenvalue weighted by Gasteiger charge is -2.26.